The van der Waals surface area contributed by atoms with E-state index in [0.717, 1.165) is 35.1 Å². The molecular weight excluding hydrogens is 302 g/mol. The van der Waals surface area contributed by atoms with Crippen LogP contribution in [0.3, 0.4) is 0 Å². The smallest absolute Gasteiger partial charge is 0.235 e. The highest BCUT2D eigenvalue weighted by atomic mass is 16.3. The Labute approximate surface area is 142 Å². The summed E-state index contributed by atoms with van der Waals surface area (Å²) >= 11 is 0. The van der Waals surface area contributed by atoms with Crippen molar-refractivity contribution in [3.05, 3.63) is 35.6 Å². The van der Waals surface area contributed by atoms with E-state index in [4.69, 9.17) is 4.42 Å². The van der Waals surface area contributed by atoms with Crippen LogP contribution in [0.15, 0.2) is 28.7 Å². The summed E-state index contributed by atoms with van der Waals surface area (Å²) in [5.74, 6) is 0.960. The number of carbonyl (C=O) groups is 1. The number of fused-ring (bicyclic) bond motifs is 1. The fraction of sp³-hybridized carbons (Fsp3) is 0.474. The maximum absolute atomic E-state index is 12.2. The summed E-state index contributed by atoms with van der Waals surface area (Å²) < 4.78 is 5.92. The summed E-state index contributed by atoms with van der Waals surface area (Å²) in [6, 6.07) is 10.1. The van der Waals surface area contributed by atoms with Crippen LogP contribution in [0.4, 0.5) is 0 Å². The van der Waals surface area contributed by atoms with Gasteiger partial charge < -0.3 is 9.73 Å². The molecular formula is C19H23N3O2. The lowest BCUT2D eigenvalue weighted by Gasteiger charge is -2.23. The maximum atomic E-state index is 12.2. The Bertz CT molecular complexity index is 801. The van der Waals surface area contributed by atoms with Crippen molar-refractivity contribution in [2.75, 3.05) is 6.54 Å². The molecule has 1 aromatic carbocycles. The molecule has 1 saturated carbocycles. The van der Waals surface area contributed by atoms with E-state index >= 15 is 0 Å². The number of aryl methyl sites for hydroxylation is 1. The van der Waals surface area contributed by atoms with Crippen LogP contribution < -0.4 is 10.6 Å². The Balaban J connectivity index is 1.62. The van der Waals surface area contributed by atoms with Crippen molar-refractivity contribution in [3.63, 3.8) is 0 Å². The third kappa shape index (κ3) is 3.15. The van der Waals surface area contributed by atoms with E-state index in [-0.39, 0.29) is 24.4 Å². The van der Waals surface area contributed by atoms with Crippen LogP contribution in [0.1, 0.15) is 44.1 Å². The molecule has 0 radical (unpaired) electrons. The Morgan fingerprint density at radius 1 is 1.46 bits per heavy atom. The number of carbonyl (C=O) groups excluding carboxylic acids is 1. The monoisotopic (exact) mass is 325 g/mol. The van der Waals surface area contributed by atoms with Crippen LogP contribution >= 0.6 is 0 Å². The maximum Gasteiger partial charge on any atom is 0.235 e. The highest BCUT2D eigenvalue weighted by Crippen LogP contribution is 2.39. The zero-order chi connectivity index (χ0) is 17.3. The van der Waals surface area contributed by atoms with Crippen LogP contribution in [-0.2, 0) is 4.79 Å². The van der Waals surface area contributed by atoms with Crippen molar-refractivity contribution in [3.8, 4) is 6.07 Å². The summed E-state index contributed by atoms with van der Waals surface area (Å²) in [7, 11) is 0. The standard InChI is InChI=1S/C19H23N3O2/c1-12-15-6-4-5-7-16(15)24-18(12)13(2)21-10-17(23)22-19(3,11-20)14-8-9-14/h4-7,13-14,21H,8-10H2,1-3H3,(H,22,23). The van der Waals surface area contributed by atoms with E-state index in [2.05, 4.69) is 16.7 Å². The molecule has 1 fully saturated rings. The number of hydrogen-bond acceptors (Lipinski definition) is 4. The minimum atomic E-state index is -0.753. The number of rotatable bonds is 6. The number of benzene rings is 1. The third-order valence-electron chi connectivity index (χ3n) is 4.87. The van der Waals surface area contributed by atoms with Crippen molar-refractivity contribution in [2.45, 2.75) is 45.2 Å². The zero-order valence-electron chi connectivity index (χ0n) is 14.3. The summed E-state index contributed by atoms with van der Waals surface area (Å²) in [5, 5.41) is 16.5. The van der Waals surface area contributed by atoms with Gasteiger partial charge in [0.15, 0.2) is 0 Å². The third-order valence-corrected chi connectivity index (χ3v) is 4.87. The Kier molecular flexibility index (Phi) is 4.33. The van der Waals surface area contributed by atoms with E-state index in [1.54, 1.807) is 6.92 Å². The molecule has 3 rings (SSSR count). The fourth-order valence-electron chi connectivity index (χ4n) is 3.16. The number of nitriles is 1. The van der Waals surface area contributed by atoms with Crippen molar-refractivity contribution in [2.24, 2.45) is 5.92 Å². The molecule has 0 bridgehead atoms. The molecule has 24 heavy (non-hydrogen) atoms. The minimum absolute atomic E-state index is 0.0857. The van der Waals surface area contributed by atoms with Gasteiger partial charge in [-0.2, -0.15) is 5.26 Å². The number of nitrogens with zero attached hydrogens (tertiary/aromatic N) is 1. The molecule has 5 heteroatoms. The first-order valence-corrected chi connectivity index (χ1v) is 8.38. The number of amides is 1. The van der Waals surface area contributed by atoms with Gasteiger partial charge in [-0.25, -0.2) is 0 Å². The molecule has 0 saturated heterocycles. The molecule has 126 valence electrons. The van der Waals surface area contributed by atoms with Crippen LogP contribution in [0.25, 0.3) is 11.0 Å². The number of furan rings is 1. The van der Waals surface area contributed by atoms with Crippen LogP contribution in [0.5, 0.6) is 0 Å². The van der Waals surface area contributed by atoms with Gasteiger partial charge in [-0.1, -0.05) is 18.2 Å². The molecule has 1 amide bonds. The Morgan fingerprint density at radius 3 is 2.79 bits per heavy atom. The summed E-state index contributed by atoms with van der Waals surface area (Å²) in [5.41, 5.74) is 1.19. The fourth-order valence-corrected chi connectivity index (χ4v) is 3.16. The van der Waals surface area contributed by atoms with Gasteiger partial charge in [0.05, 0.1) is 18.7 Å². The van der Waals surface area contributed by atoms with E-state index < -0.39 is 5.54 Å². The Hall–Kier alpha value is -2.32. The molecule has 2 atom stereocenters. The summed E-state index contributed by atoms with van der Waals surface area (Å²) in [6.07, 6.45) is 2.01. The van der Waals surface area contributed by atoms with Crippen molar-refractivity contribution >= 4 is 16.9 Å². The van der Waals surface area contributed by atoms with E-state index in [1.165, 1.54) is 0 Å². The van der Waals surface area contributed by atoms with Crippen LogP contribution in [0, 0.1) is 24.2 Å². The number of nitrogens with one attached hydrogen (secondary N) is 2. The second kappa shape index (κ2) is 6.29. The second-order valence-corrected chi connectivity index (χ2v) is 6.83. The first-order valence-electron chi connectivity index (χ1n) is 8.38. The topological polar surface area (TPSA) is 78.1 Å². The van der Waals surface area contributed by atoms with Gasteiger partial charge in [0, 0.05) is 5.39 Å². The lowest BCUT2D eigenvalue weighted by atomic mass is 9.98. The van der Waals surface area contributed by atoms with Gasteiger partial charge in [-0.3, -0.25) is 10.1 Å². The van der Waals surface area contributed by atoms with Gasteiger partial charge >= 0.3 is 0 Å². The summed E-state index contributed by atoms with van der Waals surface area (Å²) in [6.45, 7) is 5.96. The first-order chi connectivity index (χ1) is 11.4. The quantitative estimate of drug-likeness (QED) is 0.855. The molecule has 1 aromatic heterocycles. The van der Waals surface area contributed by atoms with Gasteiger partial charge in [0.1, 0.15) is 16.9 Å². The van der Waals surface area contributed by atoms with Gasteiger partial charge in [0.2, 0.25) is 5.91 Å². The molecule has 0 spiro atoms. The van der Waals surface area contributed by atoms with Crippen LogP contribution in [-0.4, -0.2) is 18.0 Å². The SMILES string of the molecule is Cc1c(C(C)NCC(=O)NC(C)(C#N)C2CC2)oc2ccccc12. The molecule has 2 aromatic rings. The molecule has 1 aliphatic rings. The molecule has 1 heterocycles. The van der Waals surface area contributed by atoms with Crippen molar-refractivity contribution < 1.29 is 9.21 Å². The first kappa shape index (κ1) is 16.5. The van der Waals surface area contributed by atoms with E-state index in [1.807, 2.05) is 38.1 Å². The van der Waals surface area contributed by atoms with E-state index in [9.17, 15) is 10.1 Å². The van der Waals surface area contributed by atoms with Crippen molar-refractivity contribution in [1.82, 2.24) is 10.6 Å². The Morgan fingerprint density at radius 2 is 2.17 bits per heavy atom. The van der Waals surface area contributed by atoms with Gasteiger partial charge in [-0.05, 0) is 51.2 Å². The number of para-hydroxylation sites is 1. The largest absolute Gasteiger partial charge is 0.459 e. The molecule has 2 unspecified atom stereocenters. The summed E-state index contributed by atoms with van der Waals surface area (Å²) in [4.78, 5) is 12.2. The molecule has 2 N–H and O–H groups in total. The predicted octanol–water partition coefficient (Wildman–Crippen LogP) is 3.20. The number of hydrogen-bond donors (Lipinski definition) is 2. The average molecular weight is 325 g/mol. The lowest BCUT2D eigenvalue weighted by molar-refractivity contribution is -0.121. The van der Waals surface area contributed by atoms with Gasteiger partial charge in [0.25, 0.3) is 0 Å². The normalized spacial score (nSPS) is 17.9. The predicted molar refractivity (Wildman–Crippen MR) is 92.3 cm³/mol. The lowest BCUT2D eigenvalue weighted by Crippen LogP contribution is -2.49. The van der Waals surface area contributed by atoms with Crippen LogP contribution in [0.2, 0.25) is 0 Å². The average Bonchev–Trinajstić information content (AvgIpc) is 3.38. The van der Waals surface area contributed by atoms with Gasteiger partial charge in [-0.15, -0.1) is 0 Å². The minimum Gasteiger partial charge on any atom is -0.459 e. The highest BCUT2D eigenvalue weighted by Gasteiger charge is 2.42. The molecule has 0 aliphatic heterocycles. The zero-order valence-corrected chi connectivity index (χ0v) is 14.3. The molecule has 1 aliphatic carbocycles. The molecule has 5 nitrogen and oxygen atoms in total. The van der Waals surface area contributed by atoms with E-state index in [0.29, 0.717) is 0 Å². The highest BCUT2D eigenvalue weighted by molar-refractivity contribution is 5.82. The van der Waals surface area contributed by atoms with Crippen molar-refractivity contribution in [1.29, 1.82) is 5.26 Å². The second-order valence-electron chi connectivity index (χ2n) is 6.83.